The average Bonchev–Trinajstić information content (AvgIpc) is 2.43. The van der Waals surface area contributed by atoms with E-state index in [2.05, 4.69) is 10.3 Å². The molecule has 6 nitrogen and oxygen atoms in total. The largest absolute Gasteiger partial charge is 0.389 e. The summed E-state index contributed by atoms with van der Waals surface area (Å²) in [4.78, 5) is 14.3. The zero-order chi connectivity index (χ0) is 15.6. The summed E-state index contributed by atoms with van der Waals surface area (Å²) in [7, 11) is 0. The molecular weight excluding hydrogens is 317 g/mol. The first kappa shape index (κ1) is 15.5. The fourth-order valence-electron chi connectivity index (χ4n) is 1.67. The van der Waals surface area contributed by atoms with Crippen molar-refractivity contribution in [2.75, 3.05) is 5.32 Å². The number of rotatable bonds is 4. The molecule has 0 aliphatic heterocycles. The second-order valence-electron chi connectivity index (χ2n) is 4.31. The predicted molar refractivity (Wildman–Crippen MR) is 81.3 cm³/mol. The van der Waals surface area contributed by atoms with E-state index >= 15 is 0 Å². The Morgan fingerprint density at radius 1 is 1.33 bits per heavy atom. The first-order valence-electron chi connectivity index (χ1n) is 5.94. The number of nitrogens with zero attached hydrogens (tertiary/aromatic N) is 2. The van der Waals surface area contributed by atoms with Crippen LogP contribution < -0.4 is 5.32 Å². The highest BCUT2D eigenvalue weighted by Gasteiger charge is 2.19. The number of hydrogen-bond donors (Lipinski definition) is 2. The minimum absolute atomic E-state index is 0.000744. The lowest BCUT2D eigenvalue weighted by molar-refractivity contribution is -0.384. The molecule has 0 radical (unpaired) electrons. The number of hydrogen-bond acceptors (Lipinski definition) is 5. The Hall–Kier alpha value is -1.89. The Kier molecular flexibility index (Phi) is 4.62. The van der Waals surface area contributed by atoms with Gasteiger partial charge in [0.2, 0.25) is 5.82 Å². The molecule has 0 aliphatic carbocycles. The Balaban J connectivity index is 2.34. The third-order valence-corrected chi connectivity index (χ3v) is 3.44. The SMILES string of the molecule is CC(O)c1ccc(Nc2nc(Cl)c(Cl)cc2[N+](=O)[O-])cc1. The first-order valence-corrected chi connectivity index (χ1v) is 6.69. The number of pyridine rings is 1. The predicted octanol–water partition coefficient (Wildman–Crippen LogP) is 4.09. The normalized spacial score (nSPS) is 12.0. The van der Waals surface area contributed by atoms with E-state index in [1.54, 1.807) is 31.2 Å². The lowest BCUT2D eigenvalue weighted by atomic mass is 10.1. The van der Waals surface area contributed by atoms with Crippen molar-refractivity contribution in [3.8, 4) is 0 Å². The topological polar surface area (TPSA) is 88.3 Å². The Labute approximate surface area is 130 Å². The number of aliphatic hydroxyl groups is 1. The molecule has 21 heavy (non-hydrogen) atoms. The molecule has 0 saturated carbocycles. The van der Waals surface area contributed by atoms with Crippen LogP contribution in [0.4, 0.5) is 17.2 Å². The molecule has 0 saturated heterocycles. The lowest BCUT2D eigenvalue weighted by Gasteiger charge is -2.09. The van der Waals surface area contributed by atoms with Crippen LogP contribution in [0.15, 0.2) is 30.3 Å². The number of nitrogens with one attached hydrogen (secondary N) is 1. The Bertz CT molecular complexity index is 675. The van der Waals surface area contributed by atoms with Crippen LogP contribution in [-0.2, 0) is 0 Å². The highest BCUT2D eigenvalue weighted by molar-refractivity contribution is 6.41. The molecule has 110 valence electrons. The molecule has 1 heterocycles. The van der Waals surface area contributed by atoms with Crippen molar-refractivity contribution >= 4 is 40.4 Å². The number of aromatic nitrogens is 1. The summed E-state index contributed by atoms with van der Waals surface area (Å²) in [5.74, 6) is -0.000744. The summed E-state index contributed by atoms with van der Waals surface area (Å²) in [6.45, 7) is 1.65. The van der Waals surface area contributed by atoms with E-state index in [1.165, 1.54) is 0 Å². The van der Waals surface area contributed by atoms with E-state index in [4.69, 9.17) is 23.2 Å². The fourth-order valence-corrected chi connectivity index (χ4v) is 1.95. The van der Waals surface area contributed by atoms with Gasteiger partial charge in [0.15, 0.2) is 5.15 Å². The van der Waals surface area contributed by atoms with Crippen molar-refractivity contribution in [2.24, 2.45) is 0 Å². The molecule has 1 atom stereocenters. The van der Waals surface area contributed by atoms with Crippen LogP contribution in [0.3, 0.4) is 0 Å². The van der Waals surface area contributed by atoms with E-state index in [1.807, 2.05) is 0 Å². The highest BCUT2D eigenvalue weighted by atomic mass is 35.5. The molecule has 1 aromatic carbocycles. The number of aliphatic hydroxyl groups excluding tert-OH is 1. The van der Waals surface area contributed by atoms with Gasteiger partial charge in [-0.15, -0.1) is 0 Å². The molecule has 2 rings (SSSR count). The molecular formula is C13H11Cl2N3O3. The van der Waals surface area contributed by atoms with Crippen molar-refractivity contribution in [1.82, 2.24) is 4.98 Å². The first-order chi connectivity index (χ1) is 9.88. The standard InChI is InChI=1S/C13H11Cl2N3O3/c1-7(19)8-2-4-9(5-3-8)16-13-11(18(20)21)6-10(14)12(15)17-13/h2-7,19H,1H3,(H,16,17). The molecule has 0 bridgehead atoms. The van der Waals surface area contributed by atoms with E-state index in [9.17, 15) is 15.2 Å². The maximum Gasteiger partial charge on any atom is 0.313 e. The molecule has 0 fully saturated rings. The van der Waals surface area contributed by atoms with Gasteiger partial charge in [-0.05, 0) is 24.6 Å². The van der Waals surface area contributed by atoms with E-state index < -0.39 is 11.0 Å². The van der Waals surface area contributed by atoms with Gasteiger partial charge in [-0.1, -0.05) is 35.3 Å². The minimum Gasteiger partial charge on any atom is -0.389 e. The number of anilines is 2. The third kappa shape index (κ3) is 3.60. The molecule has 0 spiro atoms. The van der Waals surface area contributed by atoms with Crippen LogP contribution in [0, 0.1) is 10.1 Å². The van der Waals surface area contributed by atoms with Gasteiger partial charge in [0, 0.05) is 11.8 Å². The zero-order valence-electron chi connectivity index (χ0n) is 10.9. The molecule has 8 heteroatoms. The molecule has 2 aromatic rings. The molecule has 1 unspecified atom stereocenters. The summed E-state index contributed by atoms with van der Waals surface area (Å²) in [5.41, 5.74) is 1.04. The summed E-state index contributed by atoms with van der Waals surface area (Å²) in [6.07, 6.45) is -0.587. The zero-order valence-corrected chi connectivity index (χ0v) is 12.4. The monoisotopic (exact) mass is 327 g/mol. The molecule has 0 amide bonds. The molecule has 1 aromatic heterocycles. The third-order valence-electron chi connectivity index (χ3n) is 2.77. The van der Waals surface area contributed by atoms with Crippen molar-refractivity contribution < 1.29 is 10.0 Å². The minimum atomic E-state index is -0.596. The fraction of sp³-hybridized carbons (Fsp3) is 0.154. The number of benzene rings is 1. The van der Waals surface area contributed by atoms with Crippen LogP contribution >= 0.6 is 23.2 Å². The number of nitro groups is 1. The van der Waals surface area contributed by atoms with Crippen LogP contribution in [0.5, 0.6) is 0 Å². The van der Waals surface area contributed by atoms with Gasteiger partial charge in [0.05, 0.1) is 16.0 Å². The van der Waals surface area contributed by atoms with Gasteiger partial charge in [-0.25, -0.2) is 4.98 Å². The van der Waals surface area contributed by atoms with Gasteiger partial charge in [0.25, 0.3) is 0 Å². The second kappa shape index (κ2) is 6.26. The van der Waals surface area contributed by atoms with Crippen molar-refractivity contribution in [3.05, 3.63) is 56.2 Å². The summed E-state index contributed by atoms with van der Waals surface area (Å²) >= 11 is 11.5. The lowest BCUT2D eigenvalue weighted by Crippen LogP contribution is -2.01. The highest BCUT2D eigenvalue weighted by Crippen LogP contribution is 2.32. The maximum absolute atomic E-state index is 11.0. The van der Waals surface area contributed by atoms with E-state index in [0.717, 1.165) is 11.6 Å². The van der Waals surface area contributed by atoms with Gasteiger partial charge in [0.1, 0.15) is 0 Å². The van der Waals surface area contributed by atoms with Crippen molar-refractivity contribution in [2.45, 2.75) is 13.0 Å². The Morgan fingerprint density at radius 2 is 1.95 bits per heavy atom. The smallest absolute Gasteiger partial charge is 0.313 e. The molecule has 0 aliphatic rings. The van der Waals surface area contributed by atoms with Crippen LogP contribution in [-0.4, -0.2) is 15.0 Å². The van der Waals surface area contributed by atoms with E-state index in [-0.39, 0.29) is 21.7 Å². The quantitative estimate of drug-likeness (QED) is 0.501. The Morgan fingerprint density at radius 3 is 2.48 bits per heavy atom. The van der Waals surface area contributed by atoms with Crippen LogP contribution in [0.1, 0.15) is 18.6 Å². The number of halogens is 2. The van der Waals surface area contributed by atoms with Crippen molar-refractivity contribution in [3.63, 3.8) is 0 Å². The van der Waals surface area contributed by atoms with Gasteiger partial charge in [-0.3, -0.25) is 10.1 Å². The summed E-state index contributed by atoms with van der Waals surface area (Å²) < 4.78 is 0. The second-order valence-corrected chi connectivity index (χ2v) is 5.07. The van der Waals surface area contributed by atoms with Gasteiger partial charge < -0.3 is 10.4 Å². The van der Waals surface area contributed by atoms with Crippen molar-refractivity contribution in [1.29, 1.82) is 0 Å². The summed E-state index contributed by atoms with van der Waals surface area (Å²) in [6, 6.07) is 7.90. The molecule has 2 N–H and O–H groups in total. The van der Waals surface area contributed by atoms with Crippen LogP contribution in [0.2, 0.25) is 10.2 Å². The van der Waals surface area contributed by atoms with Crippen LogP contribution in [0.25, 0.3) is 0 Å². The van der Waals surface area contributed by atoms with Gasteiger partial charge >= 0.3 is 5.69 Å². The summed E-state index contributed by atoms with van der Waals surface area (Å²) in [5, 5.41) is 23.2. The average molecular weight is 328 g/mol. The van der Waals surface area contributed by atoms with E-state index in [0.29, 0.717) is 5.69 Å². The van der Waals surface area contributed by atoms with Gasteiger partial charge in [-0.2, -0.15) is 0 Å². The maximum atomic E-state index is 11.0.